The Morgan fingerprint density at radius 1 is 1.32 bits per heavy atom. The van der Waals surface area contributed by atoms with E-state index in [9.17, 15) is 23.1 Å². The average Bonchev–Trinajstić information content (AvgIpc) is 2.92. The van der Waals surface area contributed by atoms with Crippen LogP contribution in [0.4, 0.5) is 0 Å². The third-order valence-corrected chi connectivity index (χ3v) is 5.84. The lowest BCUT2D eigenvalue weighted by atomic mass is 10.1. The summed E-state index contributed by atoms with van der Waals surface area (Å²) in [7, 11) is -1.06. The number of amides is 1. The van der Waals surface area contributed by atoms with Crippen LogP contribution in [0.25, 0.3) is 0 Å². The molecule has 8 nitrogen and oxygen atoms in total. The van der Waals surface area contributed by atoms with Gasteiger partial charge in [-0.05, 0) is 6.07 Å². The Balaban J connectivity index is 2.26. The second-order valence-electron chi connectivity index (χ2n) is 5.01. The van der Waals surface area contributed by atoms with Crippen molar-refractivity contribution in [3.63, 3.8) is 0 Å². The first-order valence-electron chi connectivity index (χ1n) is 6.35. The normalized spacial score (nSPS) is 24.8. The quantitative estimate of drug-likeness (QED) is 0.834. The van der Waals surface area contributed by atoms with Crippen molar-refractivity contribution in [3.8, 4) is 11.5 Å². The van der Waals surface area contributed by atoms with Gasteiger partial charge in [-0.3, -0.25) is 4.79 Å². The number of aliphatic carboxylic acids is 1. The Kier molecular flexibility index (Phi) is 3.06. The second-order valence-corrected chi connectivity index (χ2v) is 7.12. The van der Waals surface area contributed by atoms with Crippen LogP contribution in [0.5, 0.6) is 11.5 Å². The van der Waals surface area contributed by atoms with Crippen LogP contribution in [-0.2, 0) is 14.6 Å². The Bertz CT molecular complexity index is 786. The summed E-state index contributed by atoms with van der Waals surface area (Å²) < 4.78 is 34.8. The largest absolute Gasteiger partial charge is 0.493 e. The first-order valence-corrected chi connectivity index (χ1v) is 8.07. The molecule has 3 rings (SSSR count). The van der Waals surface area contributed by atoms with Crippen molar-refractivity contribution >= 4 is 21.7 Å². The molecule has 2 aliphatic rings. The van der Waals surface area contributed by atoms with Crippen molar-refractivity contribution in [1.82, 2.24) is 4.90 Å². The molecule has 0 radical (unpaired) electrons. The minimum Gasteiger partial charge on any atom is -0.493 e. The Morgan fingerprint density at radius 3 is 2.55 bits per heavy atom. The third-order valence-electron chi connectivity index (χ3n) is 3.90. The number of methoxy groups -OCH3 is 2. The van der Waals surface area contributed by atoms with Crippen LogP contribution in [0.1, 0.15) is 21.3 Å². The Labute approximate surface area is 126 Å². The average molecular weight is 327 g/mol. The summed E-state index contributed by atoms with van der Waals surface area (Å²) in [6.45, 7) is 0. The lowest BCUT2D eigenvalue weighted by Crippen LogP contribution is -2.39. The van der Waals surface area contributed by atoms with Crippen LogP contribution >= 0.6 is 0 Å². The van der Waals surface area contributed by atoms with Crippen molar-refractivity contribution < 1.29 is 32.6 Å². The molecule has 0 bridgehead atoms. The molecule has 0 saturated carbocycles. The smallest absolute Gasteiger partial charge is 0.327 e. The third kappa shape index (κ3) is 1.71. The summed E-state index contributed by atoms with van der Waals surface area (Å²) in [6.07, 6.45) is 0. The summed E-state index contributed by atoms with van der Waals surface area (Å²) in [5, 5.41) is 7.92. The highest BCUT2D eigenvalue weighted by molar-refractivity contribution is 7.92. The number of rotatable bonds is 3. The highest BCUT2D eigenvalue weighted by Gasteiger charge is 2.57. The van der Waals surface area contributed by atoms with E-state index in [1.807, 2.05) is 0 Å². The van der Waals surface area contributed by atoms with Gasteiger partial charge in [0.2, 0.25) is 0 Å². The molecule has 0 aliphatic carbocycles. The standard InChI is InChI=1S/C13H13NO7S/c1-20-8-4-3-6-9(10(8)21-2)11(15)14-7(13(16)17)5-22(18,19)12(6)14/h3-4,7,12H,5H2,1-2H3,(H,16,17)/t7-,12+/m0/s1. The van der Waals surface area contributed by atoms with Gasteiger partial charge in [-0.2, -0.15) is 0 Å². The Hall–Kier alpha value is -2.29. The number of fused-ring (bicyclic) bond motifs is 3. The van der Waals surface area contributed by atoms with Gasteiger partial charge in [0.1, 0.15) is 6.04 Å². The molecule has 2 atom stereocenters. The van der Waals surface area contributed by atoms with Gasteiger partial charge < -0.3 is 19.5 Å². The fourth-order valence-corrected chi connectivity index (χ4v) is 5.10. The maximum absolute atomic E-state index is 12.6. The van der Waals surface area contributed by atoms with Gasteiger partial charge in [-0.1, -0.05) is 6.07 Å². The van der Waals surface area contributed by atoms with E-state index in [0.29, 0.717) is 0 Å². The molecule has 9 heteroatoms. The van der Waals surface area contributed by atoms with E-state index >= 15 is 0 Å². The van der Waals surface area contributed by atoms with Gasteiger partial charge in [0.05, 0.1) is 25.5 Å². The van der Waals surface area contributed by atoms with E-state index in [-0.39, 0.29) is 22.6 Å². The molecule has 1 aromatic carbocycles. The SMILES string of the molecule is COc1ccc2c(c1OC)C(=O)N1[C@@H]2S(=O)(=O)C[C@H]1C(=O)O. The van der Waals surface area contributed by atoms with E-state index in [4.69, 9.17) is 9.47 Å². The zero-order chi connectivity index (χ0) is 16.2. The molecule has 1 amide bonds. The monoisotopic (exact) mass is 327 g/mol. The van der Waals surface area contributed by atoms with Crippen molar-refractivity contribution in [2.75, 3.05) is 20.0 Å². The number of carbonyl (C=O) groups excluding carboxylic acids is 1. The molecule has 1 aromatic rings. The van der Waals surface area contributed by atoms with E-state index < -0.39 is 38.9 Å². The fraction of sp³-hybridized carbons (Fsp3) is 0.385. The van der Waals surface area contributed by atoms with Gasteiger partial charge in [0.25, 0.3) is 5.91 Å². The van der Waals surface area contributed by atoms with Gasteiger partial charge in [0, 0.05) is 5.56 Å². The van der Waals surface area contributed by atoms with E-state index in [0.717, 1.165) is 4.90 Å². The highest BCUT2D eigenvalue weighted by Crippen LogP contribution is 2.49. The molecule has 1 saturated heterocycles. The molecule has 1 fully saturated rings. The van der Waals surface area contributed by atoms with E-state index in [2.05, 4.69) is 0 Å². The number of carbonyl (C=O) groups is 2. The molecule has 0 spiro atoms. The lowest BCUT2D eigenvalue weighted by molar-refractivity contribution is -0.141. The van der Waals surface area contributed by atoms with Gasteiger partial charge in [0.15, 0.2) is 26.7 Å². The van der Waals surface area contributed by atoms with Crippen LogP contribution in [0.2, 0.25) is 0 Å². The fourth-order valence-electron chi connectivity index (χ4n) is 3.01. The summed E-state index contributed by atoms with van der Waals surface area (Å²) in [5.74, 6) is -2.23. The Morgan fingerprint density at radius 2 is 2.00 bits per heavy atom. The summed E-state index contributed by atoms with van der Waals surface area (Å²) in [5.41, 5.74) is 0.271. The predicted molar refractivity (Wildman–Crippen MR) is 73.7 cm³/mol. The number of hydrogen-bond acceptors (Lipinski definition) is 6. The number of carboxylic acid groups (broad SMARTS) is 1. The van der Waals surface area contributed by atoms with Crippen molar-refractivity contribution in [3.05, 3.63) is 23.3 Å². The van der Waals surface area contributed by atoms with Crippen LogP contribution in [0.15, 0.2) is 12.1 Å². The molecule has 22 heavy (non-hydrogen) atoms. The first kappa shape index (κ1) is 14.6. The van der Waals surface area contributed by atoms with Crippen LogP contribution in [0.3, 0.4) is 0 Å². The summed E-state index contributed by atoms with van der Waals surface area (Å²) >= 11 is 0. The topological polar surface area (TPSA) is 110 Å². The minimum atomic E-state index is -3.78. The molecule has 118 valence electrons. The number of hydrogen-bond donors (Lipinski definition) is 1. The number of ether oxygens (including phenoxy) is 2. The number of sulfone groups is 1. The zero-order valence-corrected chi connectivity index (χ0v) is 12.6. The van der Waals surface area contributed by atoms with Gasteiger partial charge >= 0.3 is 5.97 Å². The number of nitrogens with zero attached hydrogens (tertiary/aromatic N) is 1. The van der Waals surface area contributed by atoms with Crippen molar-refractivity contribution in [2.45, 2.75) is 11.4 Å². The van der Waals surface area contributed by atoms with E-state index in [1.165, 1.54) is 26.4 Å². The molecule has 1 N–H and O–H groups in total. The number of benzene rings is 1. The van der Waals surface area contributed by atoms with Crippen molar-refractivity contribution in [1.29, 1.82) is 0 Å². The maximum atomic E-state index is 12.6. The first-order chi connectivity index (χ1) is 10.3. The number of carboxylic acids is 1. The highest BCUT2D eigenvalue weighted by atomic mass is 32.2. The summed E-state index contributed by atoms with van der Waals surface area (Å²) in [4.78, 5) is 24.8. The molecule has 2 aliphatic heterocycles. The van der Waals surface area contributed by atoms with Crippen LogP contribution < -0.4 is 9.47 Å². The van der Waals surface area contributed by atoms with Gasteiger partial charge in [-0.15, -0.1) is 0 Å². The molecule has 2 heterocycles. The second kappa shape index (κ2) is 4.60. The van der Waals surface area contributed by atoms with Crippen molar-refractivity contribution in [2.24, 2.45) is 0 Å². The molecular weight excluding hydrogens is 314 g/mol. The van der Waals surface area contributed by atoms with Gasteiger partial charge in [-0.25, -0.2) is 13.2 Å². The lowest BCUT2D eigenvalue weighted by Gasteiger charge is -2.18. The molecule has 0 aromatic heterocycles. The minimum absolute atomic E-state index is 0.0429. The van der Waals surface area contributed by atoms with E-state index in [1.54, 1.807) is 0 Å². The molecular formula is C13H13NO7S. The zero-order valence-electron chi connectivity index (χ0n) is 11.8. The summed E-state index contributed by atoms with van der Waals surface area (Å²) in [6, 6.07) is 1.56. The predicted octanol–water partition coefficient (Wildman–Crippen LogP) is 0.0398. The van der Waals surface area contributed by atoms with Crippen LogP contribution in [-0.4, -0.2) is 56.3 Å². The maximum Gasteiger partial charge on any atom is 0.327 e. The van der Waals surface area contributed by atoms with Crippen LogP contribution in [0, 0.1) is 0 Å². The molecule has 0 unspecified atom stereocenters.